The largest absolute Gasteiger partial charge is 0.491 e. The predicted octanol–water partition coefficient (Wildman–Crippen LogP) is 3.88. The number of halogens is 1. The first-order chi connectivity index (χ1) is 12.0. The van der Waals surface area contributed by atoms with Crippen LogP contribution in [0, 0.1) is 5.82 Å². The number of aromatic nitrogens is 3. The lowest BCUT2D eigenvalue weighted by Gasteiger charge is -2.10. The summed E-state index contributed by atoms with van der Waals surface area (Å²) in [5, 5.41) is 8.80. The van der Waals surface area contributed by atoms with Crippen molar-refractivity contribution < 1.29 is 9.13 Å². The highest BCUT2D eigenvalue weighted by Crippen LogP contribution is 2.27. The van der Waals surface area contributed by atoms with E-state index in [1.807, 2.05) is 38.1 Å². The zero-order valence-electron chi connectivity index (χ0n) is 14.0. The van der Waals surface area contributed by atoms with E-state index in [1.54, 1.807) is 18.2 Å². The molecule has 25 heavy (non-hydrogen) atoms. The van der Waals surface area contributed by atoms with Gasteiger partial charge in [0.05, 0.1) is 6.10 Å². The molecule has 0 saturated carbocycles. The van der Waals surface area contributed by atoms with Gasteiger partial charge in [-0.25, -0.2) is 9.07 Å². The maximum absolute atomic E-state index is 13.7. The third-order valence-corrected chi connectivity index (χ3v) is 4.44. The SMILES string of the molecule is CC(C)Oc1cccc(-c2nnc(SCc3ccccc3F)n2N)c1. The highest BCUT2D eigenvalue weighted by Gasteiger charge is 2.14. The molecule has 0 fully saturated rings. The minimum atomic E-state index is -0.239. The van der Waals surface area contributed by atoms with Gasteiger partial charge in [0.15, 0.2) is 5.82 Å². The highest BCUT2D eigenvalue weighted by atomic mass is 32.2. The second kappa shape index (κ2) is 7.57. The maximum Gasteiger partial charge on any atom is 0.210 e. The molecule has 0 atom stereocenters. The molecule has 0 unspecified atom stereocenters. The van der Waals surface area contributed by atoms with E-state index in [2.05, 4.69) is 10.2 Å². The first kappa shape index (κ1) is 17.3. The first-order valence-corrected chi connectivity index (χ1v) is 8.87. The number of hydrogen-bond acceptors (Lipinski definition) is 5. The molecule has 5 nitrogen and oxygen atoms in total. The molecule has 0 aliphatic heterocycles. The van der Waals surface area contributed by atoms with E-state index in [9.17, 15) is 4.39 Å². The molecule has 1 aromatic heterocycles. The molecule has 7 heteroatoms. The number of nitrogens with zero attached hydrogens (tertiary/aromatic N) is 3. The number of nitrogens with two attached hydrogens (primary N) is 1. The summed E-state index contributed by atoms with van der Waals surface area (Å²) in [5.41, 5.74) is 1.41. The molecule has 2 N–H and O–H groups in total. The van der Waals surface area contributed by atoms with E-state index in [-0.39, 0.29) is 11.9 Å². The van der Waals surface area contributed by atoms with Gasteiger partial charge < -0.3 is 10.6 Å². The second-order valence-corrected chi connectivity index (χ2v) is 6.69. The van der Waals surface area contributed by atoms with Gasteiger partial charge in [0.25, 0.3) is 0 Å². The number of ether oxygens (including phenoxy) is 1. The smallest absolute Gasteiger partial charge is 0.210 e. The normalized spacial score (nSPS) is 11.0. The van der Waals surface area contributed by atoms with Gasteiger partial charge in [-0.2, -0.15) is 0 Å². The fraction of sp³-hybridized carbons (Fsp3) is 0.222. The summed E-state index contributed by atoms with van der Waals surface area (Å²) in [7, 11) is 0. The van der Waals surface area contributed by atoms with Gasteiger partial charge in [-0.1, -0.05) is 42.1 Å². The fourth-order valence-corrected chi connectivity index (χ4v) is 3.15. The van der Waals surface area contributed by atoms with Gasteiger partial charge >= 0.3 is 0 Å². The molecule has 3 aromatic rings. The Morgan fingerprint density at radius 3 is 2.72 bits per heavy atom. The number of hydrogen-bond donors (Lipinski definition) is 1. The lowest BCUT2D eigenvalue weighted by Crippen LogP contribution is -2.12. The summed E-state index contributed by atoms with van der Waals surface area (Å²) in [4.78, 5) is 0. The molecular formula is C18H19FN4OS. The minimum absolute atomic E-state index is 0.0814. The Labute approximate surface area is 150 Å². The molecule has 0 bridgehead atoms. The molecule has 1 heterocycles. The van der Waals surface area contributed by atoms with Crippen molar-refractivity contribution in [2.24, 2.45) is 0 Å². The standard InChI is InChI=1S/C18H19FN4OS/c1-12(2)24-15-8-5-7-13(10-15)17-21-22-18(23(17)20)25-11-14-6-3-4-9-16(14)19/h3-10,12H,11,20H2,1-2H3. The first-order valence-electron chi connectivity index (χ1n) is 7.88. The summed E-state index contributed by atoms with van der Waals surface area (Å²) in [6.45, 7) is 3.94. The van der Waals surface area contributed by atoms with Crippen molar-refractivity contribution in [1.82, 2.24) is 14.9 Å². The van der Waals surface area contributed by atoms with Crippen molar-refractivity contribution in [3.63, 3.8) is 0 Å². The number of benzene rings is 2. The molecule has 3 rings (SSSR count). The Kier molecular flexibility index (Phi) is 5.23. The molecule has 0 saturated heterocycles. The van der Waals surface area contributed by atoms with E-state index in [0.717, 1.165) is 11.3 Å². The van der Waals surface area contributed by atoms with Crippen molar-refractivity contribution in [2.75, 3.05) is 5.84 Å². The Bertz CT molecular complexity index is 866. The van der Waals surface area contributed by atoms with Crippen LogP contribution in [0.25, 0.3) is 11.4 Å². The van der Waals surface area contributed by atoms with Gasteiger partial charge in [0.2, 0.25) is 5.16 Å². The van der Waals surface area contributed by atoms with Gasteiger partial charge in [0.1, 0.15) is 11.6 Å². The van der Waals surface area contributed by atoms with Gasteiger partial charge in [-0.15, -0.1) is 10.2 Å². The molecule has 0 aliphatic carbocycles. The zero-order chi connectivity index (χ0) is 17.8. The molecule has 0 aliphatic rings. The summed E-state index contributed by atoms with van der Waals surface area (Å²) in [5.74, 6) is 7.59. The van der Waals surface area contributed by atoms with E-state index in [0.29, 0.717) is 22.3 Å². The Morgan fingerprint density at radius 1 is 1.16 bits per heavy atom. The van der Waals surface area contributed by atoms with E-state index >= 15 is 0 Å². The molecule has 0 amide bonds. The summed E-state index contributed by atoms with van der Waals surface area (Å²) >= 11 is 1.34. The van der Waals surface area contributed by atoms with Crippen LogP contribution in [0.3, 0.4) is 0 Å². The van der Waals surface area contributed by atoms with Crippen LogP contribution in [-0.4, -0.2) is 21.0 Å². The topological polar surface area (TPSA) is 66.0 Å². The number of thioether (sulfide) groups is 1. The zero-order valence-corrected chi connectivity index (χ0v) is 14.8. The predicted molar refractivity (Wildman–Crippen MR) is 97.3 cm³/mol. The Balaban J connectivity index is 1.78. The molecule has 0 spiro atoms. The van der Waals surface area contributed by atoms with E-state index < -0.39 is 0 Å². The summed E-state index contributed by atoms with van der Waals surface area (Å²) in [6, 6.07) is 14.2. The summed E-state index contributed by atoms with van der Waals surface area (Å²) < 4.78 is 20.8. The van der Waals surface area contributed by atoms with E-state index in [4.69, 9.17) is 10.6 Å². The van der Waals surface area contributed by atoms with Crippen LogP contribution >= 0.6 is 11.8 Å². The van der Waals surface area contributed by atoms with Crippen LogP contribution in [0.2, 0.25) is 0 Å². The fourth-order valence-electron chi connectivity index (χ4n) is 2.31. The third-order valence-electron chi connectivity index (χ3n) is 3.44. The van der Waals surface area contributed by atoms with Crippen molar-refractivity contribution in [2.45, 2.75) is 30.9 Å². The molecule has 2 aromatic carbocycles. The van der Waals surface area contributed by atoms with Crippen molar-refractivity contribution >= 4 is 11.8 Å². The van der Waals surface area contributed by atoms with Crippen LogP contribution in [0.1, 0.15) is 19.4 Å². The van der Waals surface area contributed by atoms with Crippen molar-refractivity contribution in [3.05, 3.63) is 59.9 Å². The van der Waals surface area contributed by atoms with Crippen LogP contribution in [-0.2, 0) is 5.75 Å². The van der Waals surface area contributed by atoms with Crippen LogP contribution in [0.15, 0.2) is 53.7 Å². The molecule has 0 radical (unpaired) electrons. The van der Waals surface area contributed by atoms with Crippen LogP contribution < -0.4 is 10.6 Å². The van der Waals surface area contributed by atoms with Crippen LogP contribution in [0.4, 0.5) is 4.39 Å². The number of nitrogen functional groups attached to an aromatic ring is 1. The maximum atomic E-state index is 13.7. The lowest BCUT2D eigenvalue weighted by atomic mass is 10.2. The number of rotatable bonds is 6. The van der Waals surface area contributed by atoms with Crippen molar-refractivity contribution in [3.8, 4) is 17.1 Å². The van der Waals surface area contributed by atoms with Gasteiger partial charge in [-0.3, -0.25) is 0 Å². The van der Waals surface area contributed by atoms with Crippen molar-refractivity contribution in [1.29, 1.82) is 0 Å². The summed E-state index contributed by atoms with van der Waals surface area (Å²) in [6.07, 6.45) is 0.0814. The second-order valence-electron chi connectivity index (χ2n) is 5.75. The van der Waals surface area contributed by atoms with Crippen LogP contribution in [0.5, 0.6) is 5.75 Å². The average Bonchev–Trinajstić information content (AvgIpc) is 2.94. The van der Waals surface area contributed by atoms with E-state index in [1.165, 1.54) is 22.5 Å². The minimum Gasteiger partial charge on any atom is -0.491 e. The quantitative estimate of drug-likeness (QED) is 0.535. The van der Waals surface area contributed by atoms with Gasteiger partial charge in [-0.05, 0) is 37.6 Å². The third kappa shape index (κ3) is 4.11. The average molecular weight is 358 g/mol. The highest BCUT2D eigenvalue weighted by molar-refractivity contribution is 7.98. The Morgan fingerprint density at radius 2 is 1.96 bits per heavy atom. The monoisotopic (exact) mass is 358 g/mol. The molecular weight excluding hydrogens is 339 g/mol. The van der Waals surface area contributed by atoms with Gasteiger partial charge in [0, 0.05) is 11.3 Å². The Hall–Kier alpha value is -2.54. The molecule has 130 valence electrons. The lowest BCUT2D eigenvalue weighted by molar-refractivity contribution is 0.242.